The summed E-state index contributed by atoms with van der Waals surface area (Å²) in [6, 6.07) is 8.08. The minimum atomic E-state index is -3.52. The molecule has 43 heavy (non-hydrogen) atoms. The molecule has 2 saturated heterocycles. The third-order valence-electron chi connectivity index (χ3n) is 6.65. The number of sulfone groups is 2. The number of esters is 1. The van der Waals surface area contributed by atoms with Gasteiger partial charge >= 0.3 is 11.9 Å². The lowest BCUT2D eigenvalue weighted by molar-refractivity contribution is 0.0595. The molecule has 2 heterocycles. The smallest absolute Gasteiger partial charge is 0.341 e. The number of ether oxygens (including phenoxy) is 5. The molecule has 12 nitrogen and oxygen atoms in total. The van der Waals surface area contributed by atoms with Crippen molar-refractivity contribution in [2.45, 2.75) is 22.6 Å². The molecule has 0 radical (unpaired) electrons. The molecule has 2 aliphatic rings. The average molecular weight is 683 g/mol. The first-order valence-electron chi connectivity index (χ1n) is 12.7. The van der Waals surface area contributed by atoms with E-state index >= 15 is 0 Å². The van der Waals surface area contributed by atoms with Gasteiger partial charge in [0.25, 0.3) is 0 Å². The van der Waals surface area contributed by atoms with Crippen LogP contribution in [-0.2, 0) is 33.9 Å². The first kappa shape index (κ1) is 38.5. The van der Waals surface area contributed by atoms with Crippen molar-refractivity contribution in [3.8, 4) is 11.5 Å². The van der Waals surface area contributed by atoms with E-state index in [-0.39, 0.29) is 82.7 Å². The summed E-state index contributed by atoms with van der Waals surface area (Å²) >= 11 is 0. The molecule has 1 N–H and O–H groups in total. The van der Waals surface area contributed by atoms with Crippen molar-refractivity contribution < 1.29 is 55.2 Å². The Morgan fingerprint density at radius 1 is 0.767 bits per heavy atom. The van der Waals surface area contributed by atoms with Gasteiger partial charge in [-0.1, -0.05) is 0 Å². The number of hydrogen-bond donors (Lipinski definition) is 1. The Kier molecular flexibility index (Phi) is 15.3. The van der Waals surface area contributed by atoms with Crippen molar-refractivity contribution in [3.63, 3.8) is 0 Å². The van der Waals surface area contributed by atoms with E-state index in [4.69, 9.17) is 24.1 Å². The number of aromatic carboxylic acids is 1. The molecule has 2 atom stereocenters. The Bertz CT molecular complexity index is 1450. The third kappa shape index (κ3) is 10.3. The number of carboxylic acids is 1. The second-order valence-electron chi connectivity index (χ2n) is 9.54. The van der Waals surface area contributed by atoms with Crippen LogP contribution >= 0.6 is 27.0 Å². The van der Waals surface area contributed by atoms with Gasteiger partial charge in [0.1, 0.15) is 22.6 Å². The van der Waals surface area contributed by atoms with Crippen LogP contribution in [0.5, 0.6) is 11.5 Å². The lowest BCUT2D eigenvalue weighted by Gasteiger charge is -2.12. The molecule has 0 unspecified atom stereocenters. The lowest BCUT2D eigenvalue weighted by Crippen LogP contribution is -2.17. The van der Waals surface area contributed by atoms with E-state index in [1.165, 1.54) is 51.7 Å². The first-order chi connectivity index (χ1) is 19.4. The van der Waals surface area contributed by atoms with Crippen LogP contribution in [0.1, 0.15) is 33.6 Å². The fourth-order valence-corrected chi connectivity index (χ4v) is 7.74. The van der Waals surface area contributed by atoms with Gasteiger partial charge in [-0.05, 0) is 61.1 Å². The van der Waals surface area contributed by atoms with Crippen LogP contribution in [0.25, 0.3) is 0 Å². The third-order valence-corrected chi connectivity index (χ3v) is 10.4. The van der Waals surface area contributed by atoms with Gasteiger partial charge in [0.15, 0.2) is 19.7 Å². The minimum Gasteiger partial charge on any atom is -0.496 e. The van der Waals surface area contributed by atoms with Crippen molar-refractivity contribution in [2.24, 2.45) is 11.8 Å². The van der Waals surface area contributed by atoms with E-state index in [0.717, 1.165) is 12.5 Å². The van der Waals surface area contributed by atoms with Crippen LogP contribution in [0.15, 0.2) is 46.2 Å². The fourth-order valence-electron chi connectivity index (χ4n) is 4.44. The largest absolute Gasteiger partial charge is 0.496 e. The summed E-state index contributed by atoms with van der Waals surface area (Å²) in [6.07, 6.45) is 1.44. The molecular formula is C27H38O12S4. The van der Waals surface area contributed by atoms with E-state index in [9.17, 15) is 26.4 Å². The Morgan fingerprint density at radius 3 is 1.53 bits per heavy atom. The van der Waals surface area contributed by atoms with Crippen LogP contribution in [0.2, 0.25) is 0 Å². The van der Waals surface area contributed by atoms with Crippen molar-refractivity contribution >= 4 is 58.6 Å². The number of carbonyl (C=O) groups excluding carboxylic acids is 1. The summed E-state index contributed by atoms with van der Waals surface area (Å²) in [7, 11) is -3.02. The molecule has 0 spiro atoms. The summed E-state index contributed by atoms with van der Waals surface area (Å²) in [5.74, 6) is -1.48. The van der Waals surface area contributed by atoms with Gasteiger partial charge in [-0.3, -0.25) is 0 Å². The summed E-state index contributed by atoms with van der Waals surface area (Å²) in [5, 5.41) is 9.08. The predicted octanol–water partition coefficient (Wildman–Crippen LogP) is 2.72. The minimum absolute atomic E-state index is 0. The topological polar surface area (TPSA) is 169 Å². The molecule has 0 amide bonds. The molecule has 2 fully saturated rings. The maximum Gasteiger partial charge on any atom is 0.341 e. The molecule has 242 valence electrons. The van der Waals surface area contributed by atoms with Crippen LogP contribution in [0.4, 0.5) is 0 Å². The highest BCUT2D eigenvalue weighted by molar-refractivity contribution is 7.91. The van der Waals surface area contributed by atoms with Gasteiger partial charge in [0.2, 0.25) is 0 Å². The molecule has 2 aliphatic heterocycles. The predicted molar refractivity (Wildman–Crippen MR) is 167 cm³/mol. The van der Waals surface area contributed by atoms with Crippen molar-refractivity contribution in [2.75, 3.05) is 59.3 Å². The second kappa shape index (κ2) is 17.1. The monoisotopic (exact) mass is 682 g/mol. The average Bonchev–Trinajstić information content (AvgIpc) is 3.66. The summed E-state index contributed by atoms with van der Waals surface area (Å²) in [5.41, 5.74) is -0.0556. The number of carboxylic acid groups (broad SMARTS) is 1. The summed E-state index contributed by atoms with van der Waals surface area (Å²) in [4.78, 5) is 22.9. The molecule has 0 aromatic heterocycles. The zero-order chi connectivity index (χ0) is 30.2. The SMILES string of the molecule is COC(=O)c1cc(S(=O)(=O)C[C@H]2CCOC2)ccc1OC.COc1ccc(S(=O)(=O)C[C@H]2CCOC2)cc1C(=O)O.S.S. The van der Waals surface area contributed by atoms with Crippen molar-refractivity contribution in [3.05, 3.63) is 47.5 Å². The second-order valence-corrected chi connectivity index (χ2v) is 13.6. The van der Waals surface area contributed by atoms with Crippen LogP contribution in [-0.4, -0.2) is 93.1 Å². The van der Waals surface area contributed by atoms with E-state index < -0.39 is 31.6 Å². The summed E-state index contributed by atoms with van der Waals surface area (Å²) in [6.45, 7) is 2.06. The number of methoxy groups -OCH3 is 3. The fraction of sp³-hybridized carbons (Fsp3) is 0.481. The Morgan fingerprint density at radius 2 is 1.19 bits per heavy atom. The quantitative estimate of drug-likeness (QED) is 0.364. The van der Waals surface area contributed by atoms with E-state index in [0.29, 0.717) is 32.8 Å². The lowest BCUT2D eigenvalue weighted by atomic mass is 10.2. The maximum absolute atomic E-state index is 12.4. The molecule has 16 heteroatoms. The standard InChI is InChI=1S/C14H18O6S.C13H16O6S.2H2S/c1-18-13-4-3-11(7-12(13)14(15)19-2)21(16,17)9-10-5-6-20-8-10;1-18-12-3-2-10(6-11(12)13(14)15)20(16,17)8-9-4-5-19-7-9;;/h3-4,7,10H,5-6,8-9H2,1-2H3;2-3,6,9H,4-5,7-8H2,1H3,(H,14,15);2*1H2/t10-;9-;;/m00../s1. The summed E-state index contributed by atoms with van der Waals surface area (Å²) < 4.78 is 74.3. The van der Waals surface area contributed by atoms with Gasteiger partial charge in [-0.2, -0.15) is 27.0 Å². The van der Waals surface area contributed by atoms with Gasteiger partial charge in [-0.15, -0.1) is 0 Å². The number of rotatable bonds is 10. The molecule has 0 aliphatic carbocycles. The highest BCUT2D eigenvalue weighted by Crippen LogP contribution is 2.27. The van der Waals surface area contributed by atoms with Crippen molar-refractivity contribution in [1.29, 1.82) is 0 Å². The zero-order valence-corrected chi connectivity index (χ0v) is 27.7. The van der Waals surface area contributed by atoms with Crippen LogP contribution in [0.3, 0.4) is 0 Å². The zero-order valence-electron chi connectivity index (χ0n) is 24.0. The highest BCUT2D eigenvalue weighted by atomic mass is 32.2. The number of hydrogen-bond acceptors (Lipinski definition) is 11. The Balaban J connectivity index is 0.000000411. The van der Waals surface area contributed by atoms with Crippen LogP contribution < -0.4 is 9.47 Å². The molecule has 0 bridgehead atoms. The number of benzene rings is 2. The van der Waals surface area contributed by atoms with E-state index in [1.807, 2.05) is 0 Å². The molecule has 0 saturated carbocycles. The van der Waals surface area contributed by atoms with Gasteiger partial charge in [-0.25, -0.2) is 26.4 Å². The first-order valence-corrected chi connectivity index (χ1v) is 16.0. The Labute approximate surface area is 265 Å². The van der Waals surface area contributed by atoms with Crippen LogP contribution in [0, 0.1) is 11.8 Å². The highest BCUT2D eigenvalue weighted by Gasteiger charge is 2.27. The molecular weight excluding hydrogens is 645 g/mol. The molecule has 2 aromatic rings. The Hall–Kier alpha value is -2.50. The van der Waals surface area contributed by atoms with Gasteiger partial charge < -0.3 is 28.8 Å². The molecule has 4 rings (SSSR count). The van der Waals surface area contributed by atoms with Crippen molar-refractivity contribution in [1.82, 2.24) is 0 Å². The maximum atomic E-state index is 12.4. The number of carbonyl (C=O) groups is 2. The van der Waals surface area contributed by atoms with Gasteiger partial charge in [0.05, 0.1) is 55.8 Å². The normalized spacial score (nSPS) is 17.8. The van der Waals surface area contributed by atoms with E-state index in [2.05, 4.69) is 4.74 Å². The molecule has 2 aromatic carbocycles. The van der Waals surface area contributed by atoms with Gasteiger partial charge in [0, 0.05) is 13.2 Å². The van der Waals surface area contributed by atoms with E-state index in [1.54, 1.807) is 0 Å².